The molecule has 3 N–H and O–H groups in total. The van der Waals surface area contributed by atoms with Gasteiger partial charge in [0.2, 0.25) is 0 Å². The van der Waals surface area contributed by atoms with Gasteiger partial charge in [0.1, 0.15) is 6.10 Å². The van der Waals surface area contributed by atoms with Gasteiger partial charge >= 0.3 is 6.03 Å². The van der Waals surface area contributed by atoms with E-state index in [-0.39, 0.29) is 6.54 Å². The molecule has 1 aromatic carbocycles. The molecule has 21 heavy (non-hydrogen) atoms. The fraction of sp³-hybridized carbons (Fsp3) is 0.214. The van der Waals surface area contributed by atoms with Crippen LogP contribution in [-0.2, 0) is 0 Å². The van der Waals surface area contributed by atoms with Gasteiger partial charge in [-0.15, -0.1) is 11.3 Å². The van der Waals surface area contributed by atoms with Crippen LogP contribution in [0.3, 0.4) is 0 Å². The first-order chi connectivity index (χ1) is 9.97. The maximum absolute atomic E-state index is 11.8. The Kier molecular flexibility index (Phi) is 5.47. The van der Waals surface area contributed by atoms with Gasteiger partial charge in [0.15, 0.2) is 0 Å². The summed E-state index contributed by atoms with van der Waals surface area (Å²) >= 11 is 13.1. The van der Waals surface area contributed by atoms with Gasteiger partial charge in [-0.05, 0) is 42.1 Å². The molecular formula is C14H14Cl2N2O2S. The van der Waals surface area contributed by atoms with E-state index in [1.165, 1.54) is 11.3 Å². The number of hydrogen-bond acceptors (Lipinski definition) is 3. The van der Waals surface area contributed by atoms with Crippen LogP contribution in [0, 0.1) is 6.92 Å². The highest BCUT2D eigenvalue weighted by molar-refractivity contribution is 7.10. The molecule has 0 aliphatic heterocycles. The van der Waals surface area contributed by atoms with E-state index in [4.69, 9.17) is 23.2 Å². The molecule has 0 aliphatic carbocycles. The molecule has 2 amide bonds. The number of carbonyl (C=O) groups is 1. The van der Waals surface area contributed by atoms with E-state index in [9.17, 15) is 9.90 Å². The average Bonchev–Trinajstić information content (AvgIpc) is 2.86. The maximum atomic E-state index is 11.8. The summed E-state index contributed by atoms with van der Waals surface area (Å²) in [6.45, 7) is 2.05. The van der Waals surface area contributed by atoms with Crippen LogP contribution in [0.5, 0.6) is 0 Å². The van der Waals surface area contributed by atoms with Gasteiger partial charge in [-0.2, -0.15) is 0 Å². The van der Waals surface area contributed by atoms with Crippen molar-refractivity contribution in [3.63, 3.8) is 0 Å². The number of hydrogen-bond donors (Lipinski definition) is 3. The summed E-state index contributed by atoms with van der Waals surface area (Å²) in [4.78, 5) is 12.6. The molecule has 2 rings (SSSR count). The molecule has 0 bridgehead atoms. The molecule has 7 heteroatoms. The zero-order chi connectivity index (χ0) is 15.4. The minimum absolute atomic E-state index is 0.133. The SMILES string of the molecule is Cc1ccsc1C(O)CNC(=O)Nc1ccc(Cl)c(Cl)c1. The van der Waals surface area contributed by atoms with Gasteiger partial charge in [-0.1, -0.05) is 23.2 Å². The van der Waals surface area contributed by atoms with Crippen LogP contribution in [0.4, 0.5) is 10.5 Å². The molecule has 1 heterocycles. The monoisotopic (exact) mass is 344 g/mol. The Morgan fingerprint density at radius 3 is 2.71 bits per heavy atom. The van der Waals surface area contributed by atoms with E-state index in [2.05, 4.69) is 10.6 Å². The second kappa shape index (κ2) is 7.13. The summed E-state index contributed by atoms with van der Waals surface area (Å²) in [5.41, 5.74) is 1.54. The molecule has 1 atom stereocenters. The second-order valence-corrected chi connectivity index (χ2v) is 6.21. The summed E-state index contributed by atoms with van der Waals surface area (Å²) < 4.78 is 0. The summed E-state index contributed by atoms with van der Waals surface area (Å²) in [6.07, 6.45) is -0.718. The normalized spacial score (nSPS) is 12.0. The number of benzene rings is 1. The molecular weight excluding hydrogens is 331 g/mol. The molecule has 4 nitrogen and oxygen atoms in total. The van der Waals surface area contributed by atoms with Crippen molar-refractivity contribution in [2.75, 3.05) is 11.9 Å². The zero-order valence-corrected chi connectivity index (χ0v) is 13.5. The number of nitrogens with one attached hydrogen (secondary N) is 2. The van der Waals surface area contributed by atoms with E-state index in [1.807, 2.05) is 18.4 Å². The van der Waals surface area contributed by atoms with Gasteiger partial charge in [0.05, 0.1) is 16.6 Å². The minimum atomic E-state index is -0.718. The lowest BCUT2D eigenvalue weighted by molar-refractivity contribution is 0.178. The summed E-state index contributed by atoms with van der Waals surface area (Å²) in [7, 11) is 0. The molecule has 0 saturated heterocycles. The van der Waals surface area contributed by atoms with Gasteiger partial charge in [-0.25, -0.2) is 4.79 Å². The fourth-order valence-electron chi connectivity index (χ4n) is 1.76. The van der Waals surface area contributed by atoms with E-state index >= 15 is 0 Å². The lowest BCUT2D eigenvalue weighted by Crippen LogP contribution is -2.32. The first-order valence-corrected chi connectivity index (χ1v) is 7.83. The van der Waals surface area contributed by atoms with Crippen LogP contribution < -0.4 is 10.6 Å². The molecule has 1 unspecified atom stereocenters. The van der Waals surface area contributed by atoms with Crippen molar-refractivity contribution >= 4 is 46.3 Å². The van der Waals surface area contributed by atoms with E-state index in [0.29, 0.717) is 15.7 Å². The molecule has 1 aromatic heterocycles. The summed E-state index contributed by atoms with van der Waals surface area (Å²) in [5.74, 6) is 0. The first kappa shape index (κ1) is 16.1. The van der Waals surface area contributed by atoms with Crippen molar-refractivity contribution in [1.82, 2.24) is 5.32 Å². The van der Waals surface area contributed by atoms with Crippen LogP contribution in [0.2, 0.25) is 10.0 Å². The van der Waals surface area contributed by atoms with Gasteiger partial charge < -0.3 is 15.7 Å². The number of thiophene rings is 1. The molecule has 0 saturated carbocycles. The van der Waals surface area contributed by atoms with E-state index in [0.717, 1.165) is 10.4 Å². The number of aliphatic hydroxyl groups excluding tert-OH is 1. The topological polar surface area (TPSA) is 61.4 Å². The average molecular weight is 345 g/mol. The van der Waals surface area contributed by atoms with Crippen LogP contribution >= 0.6 is 34.5 Å². The standard InChI is InChI=1S/C14H14Cl2N2O2S/c1-8-4-5-21-13(8)12(19)7-17-14(20)18-9-2-3-10(15)11(16)6-9/h2-6,12,19H,7H2,1H3,(H2,17,18,20). The Labute approximate surface area is 136 Å². The van der Waals surface area contributed by atoms with Crippen molar-refractivity contribution in [2.45, 2.75) is 13.0 Å². The minimum Gasteiger partial charge on any atom is -0.386 e. The number of urea groups is 1. The molecule has 112 valence electrons. The summed E-state index contributed by atoms with van der Waals surface area (Å²) in [5, 5.41) is 17.9. The Morgan fingerprint density at radius 1 is 1.33 bits per heavy atom. The fourth-order valence-corrected chi connectivity index (χ4v) is 2.97. The van der Waals surface area contributed by atoms with Gasteiger partial charge in [0, 0.05) is 10.6 Å². The third-order valence-electron chi connectivity index (χ3n) is 2.84. The number of halogens is 2. The van der Waals surface area contributed by atoms with Crippen molar-refractivity contribution in [3.8, 4) is 0 Å². The highest BCUT2D eigenvalue weighted by atomic mass is 35.5. The van der Waals surface area contributed by atoms with E-state index < -0.39 is 12.1 Å². The Hall–Kier alpha value is -1.27. The maximum Gasteiger partial charge on any atom is 0.319 e. The predicted molar refractivity (Wildman–Crippen MR) is 87.5 cm³/mol. The van der Waals surface area contributed by atoms with Crippen molar-refractivity contribution in [3.05, 3.63) is 50.1 Å². The highest BCUT2D eigenvalue weighted by Gasteiger charge is 2.13. The number of amides is 2. The molecule has 0 fully saturated rings. The molecule has 0 spiro atoms. The molecule has 0 radical (unpaired) electrons. The number of carbonyl (C=O) groups excluding carboxylic acids is 1. The second-order valence-electron chi connectivity index (χ2n) is 4.45. The van der Waals surface area contributed by atoms with Gasteiger partial charge in [0.25, 0.3) is 0 Å². The zero-order valence-electron chi connectivity index (χ0n) is 11.2. The van der Waals surface area contributed by atoms with E-state index in [1.54, 1.807) is 18.2 Å². The predicted octanol–water partition coefficient (Wildman–Crippen LogP) is 4.22. The third kappa shape index (κ3) is 4.35. The number of rotatable bonds is 4. The number of anilines is 1. The van der Waals surface area contributed by atoms with Crippen molar-refractivity contribution < 1.29 is 9.90 Å². The lowest BCUT2D eigenvalue weighted by atomic mass is 10.2. The van der Waals surface area contributed by atoms with Crippen LogP contribution in [0.15, 0.2) is 29.6 Å². The first-order valence-electron chi connectivity index (χ1n) is 6.19. The Balaban J connectivity index is 1.87. The lowest BCUT2D eigenvalue weighted by Gasteiger charge is -2.12. The summed E-state index contributed by atoms with van der Waals surface area (Å²) in [6, 6.07) is 6.32. The third-order valence-corrected chi connectivity index (χ3v) is 4.70. The highest BCUT2D eigenvalue weighted by Crippen LogP contribution is 2.25. The van der Waals surface area contributed by atoms with Crippen molar-refractivity contribution in [1.29, 1.82) is 0 Å². The quantitative estimate of drug-likeness (QED) is 0.777. The number of aliphatic hydroxyl groups is 1. The van der Waals surface area contributed by atoms with Crippen LogP contribution in [0.1, 0.15) is 16.5 Å². The van der Waals surface area contributed by atoms with Crippen molar-refractivity contribution in [2.24, 2.45) is 0 Å². The molecule has 2 aromatic rings. The Morgan fingerprint density at radius 2 is 2.10 bits per heavy atom. The smallest absolute Gasteiger partial charge is 0.319 e. The van der Waals surface area contributed by atoms with Crippen LogP contribution in [0.25, 0.3) is 0 Å². The largest absolute Gasteiger partial charge is 0.386 e. The number of aryl methyl sites for hydroxylation is 1. The molecule has 0 aliphatic rings. The van der Waals surface area contributed by atoms with Gasteiger partial charge in [-0.3, -0.25) is 0 Å². The van der Waals surface area contributed by atoms with Crippen LogP contribution in [-0.4, -0.2) is 17.7 Å². The Bertz CT molecular complexity index is 646.